The average Bonchev–Trinajstić information content (AvgIpc) is 3.39. The molecule has 12 heteroatoms. The molecule has 3 N–H and O–H groups in total. The topological polar surface area (TPSA) is 124 Å². The predicted octanol–water partition coefficient (Wildman–Crippen LogP) is 4.73. The van der Waals surface area contributed by atoms with Crippen LogP contribution in [0.15, 0.2) is 41.3 Å². The van der Waals surface area contributed by atoms with E-state index in [1.165, 1.54) is 25.3 Å². The molecule has 3 aromatic rings. The number of carbonyl (C=O) groups is 2. The first kappa shape index (κ1) is 29.1. The fourth-order valence-electron chi connectivity index (χ4n) is 4.65. The van der Waals surface area contributed by atoms with Crippen molar-refractivity contribution in [2.45, 2.75) is 38.9 Å². The minimum Gasteiger partial charge on any atom is -0.494 e. The summed E-state index contributed by atoms with van der Waals surface area (Å²) in [6.07, 6.45) is -1.63. The van der Waals surface area contributed by atoms with E-state index >= 15 is 0 Å². The summed E-state index contributed by atoms with van der Waals surface area (Å²) in [4.78, 5) is 35.6. The van der Waals surface area contributed by atoms with Crippen LogP contribution >= 0.6 is 0 Å². The second-order valence-corrected chi connectivity index (χ2v) is 10.1. The highest BCUT2D eigenvalue weighted by Gasteiger charge is 2.34. The van der Waals surface area contributed by atoms with E-state index in [0.717, 1.165) is 18.9 Å². The molecule has 1 saturated heterocycles. The molecular weight excluding hydrogens is 527 g/mol. The van der Waals surface area contributed by atoms with E-state index in [9.17, 15) is 22.8 Å². The molecule has 9 nitrogen and oxygen atoms in total. The van der Waals surface area contributed by atoms with Gasteiger partial charge in [0, 0.05) is 36.5 Å². The number of rotatable bonds is 8. The van der Waals surface area contributed by atoms with Crippen LogP contribution in [0.4, 0.5) is 13.2 Å². The van der Waals surface area contributed by atoms with E-state index in [2.05, 4.69) is 21.9 Å². The molecule has 2 atom stereocenters. The molecule has 4 rings (SSSR count). The number of amides is 2. The summed E-state index contributed by atoms with van der Waals surface area (Å²) in [5.74, 6) is -0.272. The molecule has 0 aliphatic carbocycles. The van der Waals surface area contributed by atoms with Crippen LogP contribution in [0, 0.1) is 11.8 Å². The van der Waals surface area contributed by atoms with Gasteiger partial charge in [-0.15, -0.1) is 6.58 Å². The number of nitrogens with two attached hydrogens (primary N) is 1. The number of pyridine rings is 1. The van der Waals surface area contributed by atoms with Crippen molar-refractivity contribution in [2.24, 2.45) is 17.6 Å². The van der Waals surface area contributed by atoms with Crippen LogP contribution in [0.25, 0.3) is 22.4 Å². The number of methoxy groups -OCH3 is 1. The lowest BCUT2D eigenvalue weighted by Crippen LogP contribution is -2.44. The van der Waals surface area contributed by atoms with Gasteiger partial charge in [-0.3, -0.25) is 9.59 Å². The number of aromatic nitrogens is 2. The quantitative estimate of drug-likeness (QED) is 0.383. The molecule has 1 fully saturated rings. The third-order valence-corrected chi connectivity index (χ3v) is 6.87. The van der Waals surface area contributed by atoms with Gasteiger partial charge < -0.3 is 25.1 Å². The number of fused-ring (bicyclic) bond motifs is 1. The van der Waals surface area contributed by atoms with Gasteiger partial charge in [0.2, 0.25) is 11.8 Å². The maximum atomic E-state index is 13.7. The highest BCUT2D eigenvalue weighted by Crippen LogP contribution is 2.37. The number of oxazole rings is 1. The first-order chi connectivity index (χ1) is 18.9. The standard InChI is InChI=1S/C28H32F3N5O4/c1-5-19(32)24-23(27(38)36-12-6-7-16(14-36)13-33-25(37)15(2)3)35-26(40-24)18-8-10-20(39-4)22-17(18)9-11-21(34-22)28(29,30)31/h5,8-11,15-16,19H,1,6-7,12-14,32H2,2-4H3,(H,33,37)/t16?,19-/m0/s1. The maximum Gasteiger partial charge on any atom is 0.433 e. The molecule has 0 spiro atoms. The molecule has 0 saturated carbocycles. The summed E-state index contributed by atoms with van der Waals surface area (Å²) >= 11 is 0. The minimum atomic E-state index is -4.65. The molecule has 1 aromatic carbocycles. The monoisotopic (exact) mass is 559 g/mol. The Hall–Kier alpha value is -3.93. The molecule has 2 amide bonds. The molecule has 0 radical (unpaired) electrons. The van der Waals surface area contributed by atoms with E-state index in [-0.39, 0.29) is 46.4 Å². The van der Waals surface area contributed by atoms with Gasteiger partial charge in [-0.05, 0) is 43.0 Å². The van der Waals surface area contributed by atoms with Crippen LogP contribution in [-0.4, -0.2) is 53.4 Å². The van der Waals surface area contributed by atoms with Crippen molar-refractivity contribution in [3.8, 4) is 17.2 Å². The Morgan fingerprint density at radius 1 is 1.27 bits per heavy atom. The van der Waals surface area contributed by atoms with E-state index in [1.54, 1.807) is 11.0 Å². The summed E-state index contributed by atoms with van der Waals surface area (Å²) in [5, 5.41) is 3.22. The molecule has 3 heterocycles. The minimum absolute atomic E-state index is 0.00175. The van der Waals surface area contributed by atoms with Crippen LogP contribution in [0.2, 0.25) is 0 Å². The van der Waals surface area contributed by atoms with E-state index in [0.29, 0.717) is 30.6 Å². The molecule has 214 valence electrons. The summed E-state index contributed by atoms with van der Waals surface area (Å²) in [6, 6.07) is 4.31. The SMILES string of the molecule is C=C[C@H](N)c1oc(-c2ccc(OC)c3nc(C(F)(F)F)ccc23)nc1C(=O)N1CCCC(CNC(=O)C(C)C)C1. The Labute approximate surface area is 229 Å². The van der Waals surface area contributed by atoms with Crippen molar-refractivity contribution in [1.82, 2.24) is 20.2 Å². The van der Waals surface area contributed by atoms with E-state index in [1.807, 2.05) is 13.8 Å². The Balaban J connectivity index is 1.70. The van der Waals surface area contributed by atoms with Gasteiger partial charge in [0.1, 0.15) is 17.0 Å². The number of hydrogen-bond acceptors (Lipinski definition) is 7. The van der Waals surface area contributed by atoms with Crippen LogP contribution in [0.1, 0.15) is 54.7 Å². The van der Waals surface area contributed by atoms with Crippen molar-refractivity contribution in [1.29, 1.82) is 0 Å². The Bertz CT molecular complexity index is 1420. The number of halogens is 3. The van der Waals surface area contributed by atoms with Crippen molar-refractivity contribution in [3.63, 3.8) is 0 Å². The smallest absolute Gasteiger partial charge is 0.433 e. The van der Waals surface area contributed by atoms with Gasteiger partial charge in [-0.25, -0.2) is 9.97 Å². The van der Waals surface area contributed by atoms with Crippen LogP contribution in [0.3, 0.4) is 0 Å². The number of nitrogens with one attached hydrogen (secondary N) is 1. The van der Waals surface area contributed by atoms with Gasteiger partial charge in [-0.2, -0.15) is 13.2 Å². The average molecular weight is 560 g/mol. The van der Waals surface area contributed by atoms with Gasteiger partial charge in [0.15, 0.2) is 11.5 Å². The van der Waals surface area contributed by atoms with Crippen LogP contribution in [0.5, 0.6) is 5.75 Å². The molecule has 1 aliphatic rings. The van der Waals surface area contributed by atoms with Gasteiger partial charge in [-0.1, -0.05) is 19.9 Å². The van der Waals surface area contributed by atoms with Crippen molar-refractivity contribution >= 4 is 22.7 Å². The van der Waals surface area contributed by atoms with Gasteiger partial charge in [0.05, 0.1) is 13.2 Å². The zero-order chi connectivity index (χ0) is 29.2. The van der Waals surface area contributed by atoms with Crippen LogP contribution < -0.4 is 15.8 Å². The fraction of sp³-hybridized carbons (Fsp3) is 0.429. The number of likely N-dealkylation sites (tertiary alicyclic amines) is 1. The van der Waals surface area contributed by atoms with Crippen LogP contribution in [-0.2, 0) is 11.0 Å². The second kappa shape index (κ2) is 11.7. The number of alkyl halides is 3. The zero-order valence-electron chi connectivity index (χ0n) is 22.5. The van der Waals surface area contributed by atoms with Gasteiger partial charge >= 0.3 is 6.18 Å². The predicted molar refractivity (Wildman–Crippen MR) is 142 cm³/mol. The Morgan fingerprint density at radius 2 is 2.02 bits per heavy atom. The third-order valence-electron chi connectivity index (χ3n) is 6.87. The van der Waals surface area contributed by atoms with E-state index in [4.69, 9.17) is 14.9 Å². The Morgan fingerprint density at radius 3 is 2.67 bits per heavy atom. The third kappa shape index (κ3) is 5.96. The number of benzene rings is 1. The summed E-state index contributed by atoms with van der Waals surface area (Å²) < 4.78 is 51.3. The molecule has 40 heavy (non-hydrogen) atoms. The molecule has 1 aliphatic heterocycles. The summed E-state index contributed by atoms with van der Waals surface area (Å²) in [5.41, 5.74) is 5.41. The molecule has 0 bridgehead atoms. The summed E-state index contributed by atoms with van der Waals surface area (Å²) in [6.45, 7) is 8.69. The summed E-state index contributed by atoms with van der Waals surface area (Å²) in [7, 11) is 1.33. The first-order valence-electron chi connectivity index (χ1n) is 13.0. The molecule has 2 aromatic heterocycles. The highest BCUT2D eigenvalue weighted by atomic mass is 19.4. The zero-order valence-corrected chi connectivity index (χ0v) is 22.5. The van der Waals surface area contributed by atoms with Crippen molar-refractivity contribution in [2.75, 3.05) is 26.7 Å². The van der Waals surface area contributed by atoms with Crippen molar-refractivity contribution in [3.05, 3.63) is 54.1 Å². The van der Waals surface area contributed by atoms with Crippen molar-refractivity contribution < 1.29 is 31.9 Å². The van der Waals surface area contributed by atoms with E-state index < -0.39 is 23.8 Å². The van der Waals surface area contributed by atoms with Gasteiger partial charge in [0.25, 0.3) is 5.91 Å². The molecule has 1 unspecified atom stereocenters. The number of piperidine rings is 1. The number of hydrogen-bond donors (Lipinski definition) is 2. The number of carbonyl (C=O) groups excluding carboxylic acids is 2. The Kier molecular flexibility index (Phi) is 8.48. The first-order valence-corrected chi connectivity index (χ1v) is 13.0. The largest absolute Gasteiger partial charge is 0.494 e. The number of nitrogens with zero attached hydrogens (tertiary/aromatic N) is 3. The highest BCUT2D eigenvalue weighted by molar-refractivity contribution is 5.98. The second-order valence-electron chi connectivity index (χ2n) is 10.1. The lowest BCUT2D eigenvalue weighted by Gasteiger charge is -2.32. The molecular formula is C28H32F3N5O4. The maximum absolute atomic E-state index is 13.7. The number of ether oxygens (including phenoxy) is 1. The lowest BCUT2D eigenvalue weighted by atomic mass is 9.97. The fourth-order valence-corrected chi connectivity index (χ4v) is 4.65. The normalized spacial score (nSPS) is 16.7. The lowest BCUT2D eigenvalue weighted by molar-refractivity contribution is -0.141.